The summed E-state index contributed by atoms with van der Waals surface area (Å²) in [4.78, 5) is 18.3. The molecule has 0 amide bonds. The fraction of sp³-hybridized carbons (Fsp3) is 0.0800. The summed E-state index contributed by atoms with van der Waals surface area (Å²) in [7, 11) is 0. The van der Waals surface area contributed by atoms with E-state index in [1.54, 1.807) is 24.8 Å². The first-order valence-electron chi connectivity index (χ1n) is 10.0. The zero-order valence-electron chi connectivity index (χ0n) is 16.7. The van der Waals surface area contributed by atoms with Crippen molar-refractivity contribution in [2.24, 2.45) is 0 Å². The molecule has 150 valence electrons. The van der Waals surface area contributed by atoms with Crippen molar-refractivity contribution in [1.29, 1.82) is 0 Å². The van der Waals surface area contributed by atoms with Crippen molar-refractivity contribution in [1.82, 2.24) is 24.5 Å². The highest BCUT2D eigenvalue weighted by molar-refractivity contribution is 5.23. The fourth-order valence-electron chi connectivity index (χ4n) is 3.66. The van der Waals surface area contributed by atoms with Gasteiger partial charge in [-0.05, 0) is 60.9 Å². The van der Waals surface area contributed by atoms with E-state index >= 15 is 0 Å². The lowest BCUT2D eigenvalue weighted by molar-refractivity contribution is -0.709. The van der Waals surface area contributed by atoms with E-state index in [1.807, 2.05) is 94.3 Å². The Morgan fingerprint density at radius 3 is 1.48 bits per heavy atom. The van der Waals surface area contributed by atoms with Crippen LogP contribution < -0.4 is 4.57 Å². The molecular formula is C25H20N6. The molecule has 0 unspecified atom stereocenters. The van der Waals surface area contributed by atoms with Crippen LogP contribution in [0.5, 0.6) is 0 Å². The van der Waals surface area contributed by atoms with Crippen LogP contribution in [-0.2, 0) is 0 Å². The van der Waals surface area contributed by atoms with Gasteiger partial charge >= 0.3 is 0 Å². The highest BCUT2D eigenvalue weighted by Gasteiger charge is 2.24. The first-order valence-corrected chi connectivity index (χ1v) is 10.0. The number of hydrogen-bond acceptors (Lipinski definition) is 4. The lowest BCUT2D eigenvalue weighted by Crippen LogP contribution is -2.40. The largest absolute Gasteiger partial charge is 0.338 e. The Morgan fingerprint density at radius 2 is 1.06 bits per heavy atom. The minimum Gasteiger partial charge on any atom is -0.338 e. The molecule has 0 fully saturated rings. The first-order chi connectivity index (χ1) is 15.4. The summed E-state index contributed by atoms with van der Waals surface area (Å²) < 4.78 is 4.01. The average Bonchev–Trinajstić information content (AvgIpc) is 3.31. The molecule has 5 heterocycles. The van der Waals surface area contributed by atoms with Crippen LogP contribution in [0.25, 0.3) is 0 Å². The lowest BCUT2D eigenvalue weighted by atomic mass is 10.1. The second-order valence-electron chi connectivity index (χ2n) is 7.04. The number of nitrogens with zero attached hydrogens (tertiary/aromatic N) is 6. The molecule has 5 aromatic rings. The van der Waals surface area contributed by atoms with Gasteiger partial charge in [0, 0.05) is 24.8 Å². The van der Waals surface area contributed by atoms with E-state index in [9.17, 15) is 0 Å². The Hall–Kier alpha value is -4.19. The fourth-order valence-corrected chi connectivity index (χ4v) is 3.66. The molecule has 0 aromatic carbocycles. The van der Waals surface area contributed by atoms with E-state index in [1.165, 1.54) is 0 Å². The van der Waals surface area contributed by atoms with Crippen molar-refractivity contribution in [3.8, 4) is 0 Å². The second kappa shape index (κ2) is 8.67. The molecule has 6 heteroatoms. The summed E-state index contributed by atoms with van der Waals surface area (Å²) in [5, 5.41) is 0. The van der Waals surface area contributed by atoms with Crippen LogP contribution in [0.1, 0.15) is 34.9 Å². The van der Waals surface area contributed by atoms with E-state index in [2.05, 4.69) is 26.3 Å². The van der Waals surface area contributed by atoms with Crippen LogP contribution in [0.4, 0.5) is 0 Å². The van der Waals surface area contributed by atoms with Crippen LogP contribution >= 0.6 is 0 Å². The van der Waals surface area contributed by atoms with Gasteiger partial charge in [-0.25, -0.2) is 0 Å². The van der Waals surface area contributed by atoms with Crippen LogP contribution in [0.3, 0.4) is 0 Å². The van der Waals surface area contributed by atoms with Crippen molar-refractivity contribution in [3.05, 3.63) is 139 Å². The molecule has 5 rings (SSSR count). The maximum Gasteiger partial charge on any atom is 0.205 e. The minimum atomic E-state index is -0.197. The van der Waals surface area contributed by atoms with E-state index < -0.39 is 0 Å². The molecule has 0 aliphatic rings. The van der Waals surface area contributed by atoms with Crippen molar-refractivity contribution < 1.29 is 4.57 Å². The summed E-state index contributed by atoms with van der Waals surface area (Å²) >= 11 is 0. The summed E-state index contributed by atoms with van der Waals surface area (Å²) in [5.74, 6) is 0. The zero-order valence-corrected chi connectivity index (χ0v) is 16.7. The van der Waals surface area contributed by atoms with Crippen LogP contribution in [0, 0.1) is 6.33 Å². The predicted octanol–water partition coefficient (Wildman–Crippen LogP) is 3.43. The maximum absolute atomic E-state index is 4.59. The van der Waals surface area contributed by atoms with E-state index in [0.29, 0.717) is 0 Å². The Labute approximate surface area is 180 Å². The van der Waals surface area contributed by atoms with Gasteiger partial charge in [0.2, 0.25) is 6.33 Å². The number of pyridine rings is 4. The smallest absolute Gasteiger partial charge is 0.205 e. The molecule has 0 atom stereocenters. The lowest BCUT2D eigenvalue weighted by Gasteiger charge is -2.18. The molecule has 5 aromatic heterocycles. The minimum absolute atomic E-state index is 0.197. The summed E-state index contributed by atoms with van der Waals surface area (Å²) in [6.07, 6.45) is 14.7. The first kappa shape index (κ1) is 18.8. The number of hydrogen-bond donors (Lipinski definition) is 0. The molecule has 0 aliphatic carbocycles. The number of rotatable bonds is 6. The third-order valence-electron chi connectivity index (χ3n) is 5.05. The maximum atomic E-state index is 4.59. The Balaban J connectivity index is 1.61. The third kappa shape index (κ3) is 3.96. The predicted molar refractivity (Wildman–Crippen MR) is 115 cm³/mol. The molecule has 0 N–H and O–H groups in total. The summed E-state index contributed by atoms with van der Waals surface area (Å²) in [5.41, 5.74) is 3.58. The van der Waals surface area contributed by atoms with Gasteiger partial charge in [-0.15, -0.1) is 0 Å². The Bertz CT molecular complexity index is 1050. The summed E-state index contributed by atoms with van der Waals surface area (Å²) in [6, 6.07) is 23.2. The van der Waals surface area contributed by atoms with E-state index in [4.69, 9.17) is 0 Å². The van der Waals surface area contributed by atoms with Crippen molar-refractivity contribution in [3.63, 3.8) is 0 Å². The highest BCUT2D eigenvalue weighted by Crippen LogP contribution is 2.24. The molecule has 0 saturated heterocycles. The van der Waals surface area contributed by atoms with E-state index in [-0.39, 0.29) is 12.1 Å². The number of imidazole rings is 1. The quantitative estimate of drug-likeness (QED) is 0.321. The van der Waals surface area contributed by atoms with Gasteiger partial charge in [-0.1, -0.05) is 24.3 Å². The highest BCUT2D eigenvalue weighted by atomic mass is 15.2. The molecule has 31 heavy (non-hydrogen) atoms. The summed E-state index contributed by atoms with van der Waals surface area (Å²) in [6.45, 7) is 0. The normalized spacial score (nSPS) is 11.2. The van der Waals surface area contributed by atoms with Crippen LogP contribution in [0.15, 0.2) is 110 Å². The number of aromatic nitrogens is 6. The molecular weight excluding hydrogens is 384 g/mol. The Morgan fingerprint density at radius 1 is 0.613 bits per heavy atom. The second-order valence-corrected chi connectivity index (χ2v) is 7.04. The molecule has 0 radical (unpaired) electrons. The molecule has 0 aliphatic heterocycles. The van der Waals surface area contributed by atoms with Gasteiger partial charge in [0.05, 0.1) is 22.8 Å². The van der Waals surface area contributed by atoms with Gasteiger partial charge in [0.1, 0.15) is 0 Å². The van der Waals surface area contributed by atoms with Crippen LogP contribution in [-0.4, -0.2) is 24.5 Å². The molecule has 6 nitrogen and oxygen atoms in total. The van der Waals surface area contributed by atoms with Crippen LogP contribution in [0.2, 0.25) is 0 Å². The van der Waals surface area contributed by atoms with E-state index in [0.717, 1.165) is 22.8 Å². The van der Waals surface area contributed by atoms with Gasteiger partial charge in [-0.3, -0.25) is 19.9 Å². The van der Waals surface area contributed by atoms with Crippen molar-refractivity contribution in [2.75, 3.05) is 0 Å². The molecule has 0 saturated carbocycles. The molecule has 0 spiro atoms. The monoisotopic (exact) mass is 404 g/mol. The van der Waals surface area contributed by atoms with Gasteiger partial charge in [0.15, 0.2) is 12.1 Å². The zero-order chi connectivity index (χ0) is 20.9. The molecule has 0 bridgehead atoms. The van der Waals surface area contributed by atoms with Gasteiger partial charge in [0.25, 0.3) is 0 Å². The van der Waals surface area contributed by atoms with Gasteiger partial charge in [-0.2, -0.15) is 0 Å². The van der Waals surface area contributed by atoms with Gasteiger partial charge < -0.3 is 9.13 Å². The third-order valence-corrected chi connectivity index (χ3v) is 5.05. The van der Waals surface area contributed by atoms with Crippen molar-refractivity contribution >= 4 is 0 Å². The van der Waals surface area contributed by atoms with Crippen molar-refractivity contribution in [2.45, 2.75) is 12.1 Å². The average molecular weight is 404 g/mol. The standard InChI is InChI=1S/C25H20N6/c1-5-13-26-20(9-1)24(21-10-2-6-14-27-21)30-17-18-31(19-30)25(22-11-3-7-15-28-22)23-12-4-8-16-29-23/h1-18,24-25H. The Kier molecular flexibility index (Phi) is 5.26. The topological polar surface area (TPSA) is 60.4 Å². The SMILES string of the molecule is [c-]1n(C(c2ccccn2)c2ccccn2)cc[n+]1C(c1ccccn1)c1ccccn1.